The molecule has 4 N–H and O–H groups in total. The van der Waals surface area contributed by atoms with Gasteiger partial charge in [0.25, 0.3) is 5.91 Å². The Balaban J connectivity index is 1.46. The highest BCUT2D eigenvalue weighted by molar-refractivity contribution is 7.10. The largest absolute Gasteiger partial charge is 0.507 e. The quantitative estimate of drug-likeness (QED) is 0.339. The third kappa shape index (κ3) is 6.41. The van der Waals surface area contributed by atoms with Crippen molar-refractivity contribution in [2.45, 2.75) is 58.3 Å². The summed E-state index contributed by atoms with van der Waals surface area (Å²) in [6.45, 7) is 6.09. The molecule has 4 heterocycles. The predicted octanol–water partition coefficient (Wildman–Crippen LogP) is 3.13. The van der Waals surface area contributed by atoms with Crippen molar-refractivity contribution in [3.8, 4) is 17.2 Å². The molecule has 0 spiro atoms. The van der Waals surface area contributed by atoms with Crippen LogP contribution in [0.5, 0.6) is 17.2 Å². The third-order valence-corrected chi connectivity index (χ3v) is 8.56. The Morgan fingerprint density at radius 3 is 2.48 bits per heavy atom. The van der Waals surface area contributed by atoms with E-state index in [1.165, 1.54) is 30.0 Å². The van der Waals surface area contributed by atoms with E-state index in [9.17, 15) is 24.3 Å². The maximum Gasteiger partial charge on any atom is 0.255 e. The van der Waals surface area contributed by atoms with E-state index in [4.69, 9.17) is 4.74 Å². The van der Waals surface area contributed by atoms with Crippen molar-refractivity contribution in [3.05, 3.63) is 75.5 Å². The van der Waals surface area contributed by atoms with Gasteiger partial charge in [0.1, 0.15) is 35.4 Å². The number of nitrogens with zero attached hydrogens (tertiary/aromatic N) is 1. The van der Waals surface area contributed by atoms with E-state index < -0.39 is 35.8 Å². The molecule has 10 nitrogen and oxygen atoms in total. The molecule has 3 aromatic rings. The van der Waals surface area contributed by atoms with E-state index in [1.54, 1.807) is 42.2 Å². The fraction of sp³-hybridized carbons (Fsp3) is 0.355. The van der Waals surface area contributed by atoms with Crippen molar-refractivity contribution in [3.63, 3.8) is 0 Å². The Kier molecular flexibility index (Phi) is 8.49. The van der Waals surface area contributed by atoms with E-state index in [-0.39, 0.29) is 29.6 Å². The summed E-state index contributed by atoms with van der Waals surface area (Å²) in [5, 5.41) is 20.6. The van der Waals surface area contributed by atoms with Gasteiger partial charge >= 0.3 is 0 Å². The van der Waals surface area contributed by atoms with E-state index in [1.807, 2.05) is 23.6 Å². The highest BCUT2D eigenvalue weighted by atomic mass is 32.1. The van der Waals surface area contributed by atoms with Crippen LogP contribution in [0.3, 0.4) is 0 Å². The standard InChI is InChI=1S/C31H34N4O6S/c1-17(2)27-30(39)32-18(3)28(37)33-24(31(40)35-12-10-26-20(16-35)11-13-42-26)14-19-4-6-21(7-5-19)41-22-8-9-25(36)23(15-22)29(38)34-27/h4-9,11,13,15,17-18,24,27,36H,10,12,14,16H2,1-3H3,(H,32,39)(H,33,37)(H,34,38)/t18-,24-,27-/m0/s1. The number of hydrogen-bond donors (Lipinski definition) is 4. The van der Waals surface area contributed by atoms with Gasteiger partial charge in [-0.3, -0.25) is 19.2 Å². The number of nitrogens with one attached hydrogen (secondary N) is 3. The zero-order valence-corrected chi connectivity index (χ0v) is 24.5. The van der Waals surface area contributed by atoms with Crippen molar-refractivity contribution < 1.29 is 29.0 Å². The molecular weight excluding hydrogens is 556 g/mol. The number of thiophene rings is 1. The molecule has 4 bridgehead atoms. The fourth-order valence-electron chi connectivity index (χ4n) is 5.10. The molecule has 2 aromatic carbocycles. The molecular formula is C31H34N4O6S. The summed E-state index contributed by atoms with van der Waals surface area (Å²) in [4.78, 5) is 56.5. The smallest absolute Gasteiger partial charge is 0.255 e. The summed E-state index contributed by atoms with van der Waals surface area (Å²) in [6, 6.07) is 10.6. The second-order valence-electron chi connectivity index (χ2n) is 11.0. The summed E-state index contributed by atoms with van der Waals surface area (Å²) < 4.78 is 5.93. The average Bonchev–Trinajstić information content (AvgIpc) is 3.44. The minimum Gasteiger partial charge on any atom is -0.507 e. The van der Waals surface area contributed by atoms with E-state index in [0.29, 0.717) is 24.6 Å². The van der Waals surface area contributed by atoms with Crippen molar-refractivity contribution in [2.75, 3.05) is 6.54 Å². The molecule has 0 radical (unpaired) electrons. The van der Waals surface area contributed by atoms with Crippen LogP contribution in [0.25, 0.3) is 0 Å². The molecule has 220 valence electrons. The Hall–Kier alpha value is -4.38. The average molecular weight is 591 g/mol. The minimum absolute atomic E-state index is 0.0527. The number of ether oxygens (including phenoxy) is 1. The van der Waals surface area contributed by atoms with Crippen LogP contribution in [-0.2, 0) is 33.8 Å². The SMILES string of the molecule is CC(C)[C@@H]1NC(=O)c2cc(ccc2O)Oc2ccc(cc2)C[C@@H](C(=O)N2CCc3sccc3C2)NC(=O)[C@H](C)NC1=O. The van der Waals surface area contributed by atoms with Gasteiger partial charge in [-0.2, -0.15) is 0 Å². The Morgan fingerprint density at radius 1 is 1.00 bits per heavy atom. The molecule has 11 heteroatoms. The third-order valence-electron chi connectivity index (χ3n) is 7.53. The topological polar surface area (TPSA) is 137 Å². The molecule has 0 aliphatic carbocycles. The summed E-state index contributed by atoms with van der Waals surface area (Å²) >= 11 is 1.68. The lowest BCUT2D eigenvalue weighted by atomic mass is 10.0. The number of phenols is 1. The molecule has 0 saturated heterocycles. The van der Waals surface area contributed by atoms with Crippen LogP contribution in [0.1, 0.15) is 47.1 Å². The number of fused-ring (bicyclic) bond motifs is 12. The van der Waals surface area contributed by atoms with Crippen LogP contribution >= 0.6 is 11.3 Å². The van der Waals surface area contributed by atoms with Gasteiger partial charge in [-0.1, -0.05) is 26.0 Å². The number of phenolic OH excluding ortho intramolecular Hbond substituents is 1. The second-order valence-corrected chi connectivity index (χ2v) is 12.0. The number of carbonyl (C=O) groups is 4. The summed E-state index contributed by atoms with van der Waals surface area (Å²) in [7, 11) is 0. The number of benzene rings is 2. The molecule has 1 aromatic heterocycles. The normalized spacial score (nSPS) is 21.4. The van der Waals surface area contributed by atoms with Crippen molar-refractivity contribution in [1.29, 1.82) is 0 Å². The van der Waals surface area contributed by atoms with Gasteiger partial charge in [0.15, 0.2) is 0 Å². The van der Waals surface area contributed by atoms with E-state index >= 15 is 0 Å². The summed E-state index contributed by atoms with van der Waals surface area (Å²) in [6.07, 6.45) is 1.01. The molecule has 3 aliphatic heterocycles. The van der Waals surface area contributed by atoms with E-state index in [2.05, 4.69) is 16.0 Å². The summed E-state index contributed by atoms with van der Waals surface area (Å²) in [5.74, 6) is -1.73. The predicted molar refractivity (Wildman–Crippen MR) is 157 cm³/mol. The summed E-state index contributed by atoms with van der Waals surface area (Å²) in [5.41, 5.74) is 1.87. The van der Waals surface area contributed by atoms with Crippen LogP contribution in [0.2, 0.25) is 0 Å². The first kappa shape index (κ1) is 29.1. The first-order chi connectivity index (χ1) is 20.1. The van der Waals surface area contributed by atoms with Crippen molar-refractivity contribution in [2.24, 2.45) is 5.92 Å². The minimum atomic E-state index is -0.993. The van der Waals surface area contributed by atoms with Crippen LogP contribution in [0.15, 0.2) is 53.9 Å². The molecule has 3 aliphatic rings. The van der Waals surface area contributed by atoms with Crippen LogP contribution < -0.4 is 20.7 Å². The lowest BCUT2D eigenvalue weighted by Gasteiger charge is -2.31. The zero-order valence-electron chi connectivity index (χ0n) is 23.7. The van der Waals surface area contributed by atoms with E-state index in [0.717, 1.165) is 17.5 Å². The van der Waals surface area contributed by atoms with Gasteiger partial charge in [-0.05, 0) is 72.2 Å². The Morgan fingerprint density at radius 2 is 1.74 bits per heavy atom. The number of hydrogen-bond acceptors (Lipinski definition) is 7. The number of carbonyl (C=O) groups excluding carboxylic acids is 4. The van der Waals surface area contributed by atoms with Gasteiger partial charge in [-0.15, -0.1) is 11.3 Å². The monoisotopic (exact) mass is 590 g/mol. The van der Waals surface area contributed by atoms with Gasteiger partial charge in [-0.25, -0.2) is 0 Å². The van der Waals surface area contributed by atoms with Crippen LogP contribution in [0, 0.1) is 5.92 Å². The first-order valence-corrected chi connectivity index (χ1v) is 14.8. The second kappa shape index (κ2) is 12.2. The molecule has 4 amide bonds. The maximum atomic E-state index is 13.8. The molecule has 6 rings (SSSR count). The van der Waals surface area contributed by atoms with Crippen molar-refractivity contribution in [1.82, 2.24) is 20.9 Å². The van der Waals surface area contributed by atoms with Gasteiger partial charge in [0.05, 0.1) is 5.56 Å². The van der Waals surface area contributed by atoms with Gasteiger partial charge < -0.3 is 30.7 Å². The highest BCUT2D eigenvalue weighted by Gasteiger charge is 2.32. The molecule has 0 unspecified atom stereocenters. The number of rotatable bonds is 2. The fourth-order valence-corrected chi connectivity index (χ4v) is 5.99. The molecule has 3 atom stereocenters. The van der Waals surface area contributed by atoms with Gasteiger partial charge in [0.2, 0.25) is 17.7 Å². The molecule has 42 heavy (non-hydrogen) atoms. The lowest BCUT2D eigenvalue weighted by molar-refractivity contribution is -0.138. The highest BCUT2D eigenvalue weighted by Crippen LogP contribution is 2.28. The Labute approximate surface area is 248 Å². The molecule has 0 saturated carbocycles. The van der Waals surface area contributed by atoms with Gasteiger partial charge in [0, 0.05) is 24.4 Å². The lowest BCUT2D eigenvalue weighted by Crippen LogP contribution is -2.57. The zero-order chi connectivity index (χ0) is 30.0. The maximum absolute atomic E-state index is 13.8. The Bertz CT molecular complexity index is 1500. The van der Waals surface area contributed by atoms with Crippen LogP contribution in [-0.4, -0.2) is 58.3 Å². The van der Waals surface area contributed by atoms with Crippen molar-refractivity contribution >= 4 is 35.0 Å². The number of amides is 4. The molecule has 0 fully saturated rings. The van der Waals surface area contributed by atoms with Crippen LogP contribution in [0.4, 0.5) is 0 Å². The first-order valence-electron chi connectivity index (χ1n) is 13.9. The number of aromatic hydroxyl groups is 1.